The van der Waals surface area contributed by atoms with Crippen LogP contribution in [0, 0.1) is 0 Å². The molecule has 0 aliphatic heterocycles. The van der Waals surface area contributed by atoms with E-state index in [0.29, 0.717) is 17.0 Å². The Morgan fingerprint density at radius 2 is 2.17 bits per heavy atom. The quantitative estimate of drug-likeness (QED) is 0.736. The highest BCUT2D eigenvalue weighted by Crippen LogP contribution is 2.29. The van der Waals surface area contributed by atoms with Crippen molar-refractivity contribution in [1.82, 2.24) is 19.9 Å². The van der Waals surface area contributed by atoms with E-state index in [1.807, 2.05) is 0 Å². The first-order chi connectivity index (χ1) is 8.46. The van der Waals surface area contributed by atoms with Crippen LogP contribution in [0.25, 0.3) is 11.2 Å². The zero-order chi connectivity index (χ0) is 13.2. The van der Waals surface area contributed by atoms with Gasteiger partial charge in [-0.05, 0) is 11.8 Å². The maximum absolute atomic E-state index is 11.9. The van der Waals surface area contributed by atoms with Crippen molar-refractivity contribution in [3.8, 4) is 0 Å². The molecule has 18 heavy (non-hydrogen) atoms. The molecule has 0 amide bonds. The molecule has 98 valence electrons. The smallest absolute Gasteiger partial charge is 0.368 e. The predicted octanol–water partition coefficient (Wildman–Crippen LogP) is 1.60. The number of hydrogen-bond donors (Lipinski definition) is 3. The lowest BCUT2D eigenvalue weighted by molar-refractivity contribution is -0.0327. The van der Waals surface area contributed by atoms with Gasteiger partial charge in [0, 0.05) is 12.3 Å². The molecule has 0 unspecified atom stereocenters. The molecular formula is C8H9F3N6S. The van der Waals surface area contributed by atoms with Crippen molar-refractivity contribution >= 4 is 34.7 Å². The van der Waals surface area contributed by atoms with Crippen LogP contribution in [0.2, 0.25) is 0 Å². The van der Waals surface area contributed by atoms with Crippen molar-refractivity contribution in [1.29, 1.82) is 0 Å². The summed E-state index contributed by atoms with van der Waals surface area (Å²) in [5, 5.41) is 2.76. The Balaban J connectivity index is 2.01. The molecule has 0 aliphatic carbocycles. The molecule has 10 heteroatoms. The molecular weight excluding hydrogens is 269 g/mol. The molecule has 0 radical (unpaired) electrons. The molecule has 2 aromatic heterocycles. The van der Waals surface area contributed by atoms with Crippen LogP contribution in [0.1, 0.15) is 0 Å². The molecule has 0 bridgehead atoms. The highest BCUT2D eigenvalue weighted by atomic mass is 32.2. The van der Waals surface area contributed by atoms with Gasteiger partial charge in [0.1, 0.15) is 5.52 Å². The highest BCUT2D eigenvalue weighted by Gasteiger charge is 2.27. The lowest BCUT2D eigenvalue weighted by Crippen LogP contribution is -2.11. The fourth-order valence-electron chi connectivity index (χ4n) is 1.31. The van der Waals surface area contributed by atoms with Crippen LogP contribution in [0.4, 0.5) is 24.9 Å². The van der Waals surface area contributed by atoms with E-state index in [1.54, 1.807) is 0 Å². The van der Waals surface area contributed by atoms with Gasteiger partial charge in [0.25, 0.3) is 0 Å². The normalized spacial score (nSPS) is 11.9. The summed E-state index contributed by atoms with van der Waals surface area (Å²) in [6, 6.07) is 0. The Morgan fingerprint density at radius 3 is 2.89 bits per heavy atom. The summed E-state index contributed by atoms with van der Waals surface area (Å²) in [7, 11) is 0. The SMILES string of the molecule is Nc1nc(NCCSC(F)(F)F)c2[nH]cnc2n1. The topological polar surface area (TPSA) is 92.5 Å². The number of aromatic amines is 1. The zero-order valence-electron chi connectivity index (χ0n) is 8.95. The van der Waals surface area contributed by atoms with Crippen LogP contribution in [0.5, 0.6) is 0 Å². The summed E-state index contributed by atoms with van der Waals surface area (Å²) >= 11 is -0.0985. The van der Waals surface area contributed by atoms with E-state index in [4.69, 9.17) is 5.73 Å². The molecule has 2 aromatic rings. The van der Waals surface area contributed by atoms with Crippen molar-refractivity contribution in [2.75, 3.05) is 23.3 Å². The number of nitrogens with zero attached hydrogens (tertiary/aromatic N) is 3. The average molecular weight is 278 g/mol. The number of rotatable bonds is 4. The number of imidazole rings is 1. The summed E-state index contributed by atoms with van der Waals surface area (Å²) in [6.45, 7) is 0.106. The number of thioether (sulfide) groups is 1. The second-order valence-corrected chi connectivity index (χ2v) is 4.41. The van der Waals surface area contributed by atoms with Gasteiger partial charge in [-0.2, -0.15) is 23.1 Å². The number of nitrogen functional groups attached to an aromatic ring is 1. The van der Waals surface area contributed by atoms with Crippen LogP contribution in [0.3, 0.4) is 0 Å². The van der Waals surface area contributed by atoms with E-state index in [2.05, 4.69) is 25.3 Å². The van der Waals surface area contributed by atoms with Gasteiger partial charge >= 0.3 is 5.51 Å². The lowest BCUT2D eigenvalue weighted by Gasteiger charge is -2.08. The van der Waals surface area contributed by atoms with Gasteiger partial charge in [-0.1, -0.05) is 0 Å². The third-order valence-corrected chi connectivity index (χ3v) is 2.70. The summed E-state index contributed by atoms with van der Waals surface area (Å²) in [4.78, 5) is 14.4. The molecule has 4 N–H and O–H groups in total. The number of nitrogens with one attached hydrogen (secondary N) is 2. The number of aromatic nitrogens is 4. The second-order valence-electron chi connectivity index (χ2n) is 3.25. The molecule has 0 aliphatic rings. The fraction of sp³-hybridized carbons (Fsp3) is 0.375. The van der Waals surface area contributed by atoms with Gasteiger partial charge in [0.15, 0.2) is 11.5 Å². The van der Waals surface area contributed by atoms with Crippen LogP contribution >= 0.6 is 11.8 Å². The number of fused-ring (bicyclic) bond motifs is 1. The molecule has 6 nitrogen and oxygen atoms in total. The van der Waals surface area contributed by atoms with E-state index < -0.39 is 5.51 Å². The van der Waals surface area contributed by atoms with Gasteiger partial charge in [0.2, 0.25) is 5.95 Å². The van der Waals surface area contributed by atoms with Gasteiger partial charge in [-0.15, -0.1) is 0 Å². The lowest BCUT2D eigenvalue weighted by atomic mass is 10.5. The molecule has 0 fully saturated rings. The second kappa shape index (κ2) is 4.88. The van der Waals surface area contributed by atoms with Crippen LogP contribution < -0.4 is 11.1 Å². The molecule has 0 spiro atoms. The van der Waals surface area contributed by atoms with Crippen molar-refractivity contribution in [3.63, 3.8) is 0 Å². The van der Waals surface area contributed by atoms with Crippen LogP contribution in [-0.4, -0.2) is 37.7 Å². The molecule has 0 saturated carbocycles. The summed E-state index contributed by atoms with van der Waals surface area (Å²) in [6.07, 6.45) is 1.41. The minimum atomic E-state index is -4.23. The van der Waals surface area contributed by atoms with E-state index in [9.17, 15) is 13.2 Å². The summed E-state index contributed by atoms with van der Waals surface area (Å²) in [5.41, 5.74) is 2.11. The maximum atomic E-state index is 11.9. The Morgan fingerprint density at radius 1 is 1.39 bits per heavy atom. The number of halogens is 3. The van der Waals surface area contributed by atoms with Crippen molar-refractivity contribution in [2.24, 2.45) is 0 Å². The molecule has 0 atom stereocenters. The zero-order valence-corrected chi connectivity index (χ0v) is 9.77. The first-order valence-electron chi connectivity index (χ1n) is 4.87. The van der Waals surface area contributed by atoms with E-state index >= 15 is 0 Å². The monoisotopic (exact) mass is 278 g/mol. The Bertz CT molecular complexity index is 539. The van der Waals surface area contributed by atoms with E-state index in [0.717, 1.165) is 0 Å². The van der Waals surface area contributed by atoms with Gasteiger partial charge in [-0.3, -0.25) is 0 Å². The Labute approximate surface area is 104 Å². The number of anilines is 2. The standard InChI is InChI=1S/C8H9F3N6S/c9-8(10,11)18-2-1-13-5-4-6(15-3-14-4)17-7(12)16-5/h3H,1-2H2,(H4,12,13,14,15,16,17). The Kier molecular flexibility index (Phi) is 3.45. The van der Waals surface area contributed by atoms with Crippen molar-refractivity contribution < 1.29 is 13.2 Å². The first kappa shape index (κ1) is 12.7. The first-order valence-corrected chi connectivity index (χ1v) is 5.85. The third-order valence-electron chi connectivity index (χ3n) is 1.96. The highest BCUT2D eigenvalue weighted by molar-refractivity contribution is 8.00. The largest absolute Gasteiger partial charge is 0.441 e. The van der Waals surface area contributed by atoms with Crippen molar-refractivity contribution in [2.45, 2.75) is 5.51 Å². The van der Waals surface area contributed by atoms with Gasteiger partial charge < -0.3 is 16.0 Å². The summed E-state index contributed by atoms with van der Waals surface area (Å²) < 4.78 is 35.8. The van der Waals surface area contributed by atoms with Crippen LogP contribution in [-0.2, 0) is 0 Å². The van der Waals surface area contributed by atoms with Gasteiger partial charge in [0.05, 0.1) is 6.33 Å². The summed E-state index contributed by atoms with van der Waals surface area (Å²) in [5.74, 6) is 0.238. The van der Waals surface area contributed by atoms with Gasteiger partial charge in [-0.25, -0.2) is 4.98 Å². The molecule has 0 saturated heterocycles. The molecule has 0 aromatic carbocycles. The molecule has 2 rings (SSSR count). The number of alkyl halides is 3. The minimum Gasteiger partial charge on any atom is -0.368 e. The van der Waals surface area contributed by atoms with Crippen molar-refractivity contribution in [3.05, 3.63) is 6.33 Å². The van der Waals surface area contributed by atoms with Crippen LogP contribution in [0.15, 0.2) is 6.33 Å². The average Bonchev–Trinajstić information content (AvgIpc) is 2.70. The number of hydrogen-bond acceptors (Lipinski definition) is 6. The Hall–Kier alpha value is -1.71. The fourth-order valence-corrected chi connectivity index (χ4v) is 1.75. The van der Waals surface area contributed by atoms with E-state index in [-0.39, 0.29) is 30.0 Å². The number of H-pyrrole nitrogens is 1. The van der Waals surface area contributed by atoms with E-state index in [1.165, 1.54) is 6.33 Å². The molecule has 2 heterocycles. The predicted molar refractivity (Wildman–Crippen MR) is 63.1 cm³/mol. The third kappa shape index (κ3) is 3.15. The maximum Gasteiger partial charge on any atom is 0.441 e. The number of nitrogens with two attached hydrogens (primary N) is 1. The minimum absolute atomic E-state index is 0.0144.